The van der Waals surface area contributed by atoms with Crippen LogP contribution in [0.25, 0.3) is 0 Å². The number of alkyl halides is 3. The van der Waals surface area contributed by atoms with Crippen LogP contribution in [0.5, 0.6) is 0 Å². The summed E-state index contributed by atoms with van der Waals surface area (Å²) in [5.74, 6) is -2.23. The molecule has 1 unspecified atom stereocenters. The maximum Gasteiger partial charge on any atom is 0.490 e. The van der Waals surface area contributed by atoms with Gasteiger partial charge in [0, 0.05) is 50.0 Å². The Labute approximate surface area is 256 Å². The van der Waals surface area contributed by atoms with Crippen molar-refractivity contribution < 1.29 is 37.4 Å². The number of carbonyl (C=O) groups is 3. The maximum absolute atomic E-state index is 12.8. The third-order valence-electron chi connectivity index (χ3n) is 7.79. The summed E-state index contributed by atoms with van der Waals surface area (Å²) in [4.78, 5) is 40.9. The summed E-state index contributed by atoms with van der Waals surface area (Å²) in [6, 6.07) is 18.1. The summed E-state index contributed by atoms with van der Waals surface area (Å²) < 4.78 is 37.1. The molecule has 4 rings (SSSR count). The number of carboxylic acid groups (broad SMARTS) is 1. The van der Waals surface area contributed by atoms with E-state index in [1.54, 1.807) is 0 Å². The fraction of sp³-hybridized carbons (Fsp3) is 0.531. The Morgan fingerprint density at radius 3 is 2.20 bits per heavy atom. The molecule has 44 heavy (non-hydrogen) atoms. The van der Waals surface area contributed by atoms with E-state index in [1.165, 1.54) is 5.56 Å². The Morgan fingerprint density at radius 2 is 1.61 bits per heavy atom. The van der Waals surface area contributed by atoms with Gasteiger partial charge in [0.15, 0.2) is 0 Å². The summed E-state index contributed by atoms with van der Waals surface area (Å²) in [5.41, 5.74) is 2.72. The molecule has 2 aliphatic heterocycles. The van der Waals surface area contributed by atoms with Gasteiger partial charge in [-0.1, -0.05) is 37.3 Å². The van der Waals surface area contributed by atoms with E-state index < -0.39 is 12.1 Å². The normalized spacial score (nSPS) is 16.6. The lowest BCUT2D eigenvalue weighted by Gasteiger charge is -2.39. The van der Waals surface area contributed by atoms with Crippen LogP contribution in [0.1, 0.15) is 49.0 Å². The Hall–Kier alpha value is -3.64. The lowest BCUT2D eigenvalue weighted by molar-refractivity contribution is -0.192. The van der Waals surface area contributed by atoms with Crippen LogP contribution in [-0.2, 0) is 16.0 Å². The molecular formula is C32H43F3N4O5. The van der Waals surface area contributed by atoms with Gasteiger partial charge in [0.05, 0.1) is 13.2 Å². The van der Waals surface area contributed by atoms with E-state index in [2.05, 4.69) is 36.2 Å². The number of halogens is 3. The van der Waals surface area contributed by atoms with Gasteiger partial charge in [-0.3, -0.25) is 4.79 Å². The van der Waals surface area contributed by atoms with Crippen molar-refractivity contribution >= 4 is 23.6 Å². The molecule has 0 radical (unpaired) electrons. The second-order valence-electron chi connectivity index (χ2n) is 11.2. The predicted octanol–water partition coefficient (Wildman–Crippen LogP) is 5.38. The number of hydrogen-bond donors (Lipinski definition) is 2. The minimum Gasteiger partial charge on any atom is -0.475 e. The van der Waals surface area contributed by atoms with Gasteiger partial charge >= 0.3 is 18.2 Å². The summed E-state index contributed by atoms with van der Waals surface area (Å²) in [7, 11) is 0. The van der Waals surface area contributed by atoms with Gasteiger partial charge in [0.25, 0.3) is 5.91 Å². The Morgan fingerprint density at radius 1 is 1.00 bits per heavy atom. The number of carbonyl (C=O) groups excluding carboxylic acids is 2. The molecule has 2 saturated heterocycles. The van der Waals surface area contributed by atoms with Gasteiger partial charge in [-0.2, -0.15) is 13.2 Å². The van der Waals surface area contributed by atoms with Crippen molar-refractivity contribution in [3.63, 3.8) is 0 Å². The first kappa shape index (κ1) is 34.8. The molecule has 0 spiro atoms. The fourth-order valence-corrected chi connectivity index (χ4v) is 5.41. The number of hydrogen-bond acceptors (Lipinski definition) is 5. The van der Waals surface area contributed by atoms with Crippen LogP contribution in [-0.4, -0.2) is 102 Å². The number of amides is 3. The minimum absolute atomic E-state index is 0.0862. The maximum atomic E-state index is 12.8. The number of benzene rings is 2. The Balaban J connectivity index is 0.000000676. The van der Waals surface area contributed by atoms with Crippen molar-refractivity contribution in [3.05, 3.63) is 65.7 Å². The van der Waals surface area contributed by atoms with Gasteiger partial charge in [0.1, 0.15) is 0 Å². The smallest absolute Gasteiger partial charge is 0.475 e. The first-order valence-corrected chi connectivity index (χ1v) is 15.1. The molecule has 0 saturated carbocycles. The molecule has 3 amide bonds. The zero-order valence-corrected chi connectivity index (χ0v) is 25.4. The van der Waals surface area contributed by atoms with Crippen molar-refractivity contribution in [2.75, 3.05) is 57.8 Å². The highest BCUT2D eigenvalue weighted by Gasteiger charge is 2.38. The Bertz CT molecular complexity index is 1200. The quantitative estimate of drug-likeness (QED) is 0.391. The second kappa shape index (κ2) is 17.0. The molecule has 2 aromatic carbocycles. The minimum atomic E-state index is -5.08. The highest BCUT2D eigenvalue weighted by Crippen LogP contribution is 2.23. The Kier molecular flexibility index (Phi) is 13.5. The summed E-state index contributed by atoms with van der Waals surface area (Å²) in [6.07, 6.45) is -0.913. The third kappa shape index (κ3) is 11.1. The summed E-state index contributed by atoms with van der Waals surface area (Å²) in [5, 5.41) is 10.2. The van der Waals surface area contributed by atoms with Crippen molar-refractivity contribution in [3.8, 4) is 0 Å². The van der Waals surface area contributed by atoms with Crippen LogP contribution >= 0.6 is 0 Å². The van der Waals surface area contributed by atoms with Crippen LogP contribution in [0.4, 0.5) is 23.7 Å². The number of aliphatic carboxylic acids is 1. The molecule has 2 aromatic rings. The molecule has 9 nitrogen and oxygen atoms in total. The van der Waals surface area contributed by atoms with E-state index in [4.69, 9.17) is 14.6 Å². The van der Waals surface area contributed by atoms with Crippen LogP contribution in [0, 0.1) is 5.92 Å². The van der Waals surface area contributed by atoms with Crippen LogP contribution in [0.3, 0.4) is 0 Å². The molecule has 2 N–H and O–H groups in total. The van der Waals surface area contributed by atoms with E-state index in [0.29, 0.717) is 43.8 Å². The molecule has 12 heteroatoms. The van der Waals surface area contributed by atoms with Gasteiger partial charge in [-0.25, -0.2) is 9.59 Å². The zero-order chi connectivity index (χ0) is 32.1. The second-order valence-corrected chi connectivity index (χ2v) is 11.2. The van der Waals surface area contributed by atoms with E-state index in [-0.39, 0.29) is 11.9 Å². The number of rotatable bonds is 9. The number of likely N-dealkylation sites (tertiary alicyclic amines) is 1. The predicted molar refractivity (Wildman–Crippen MR) is 162 cm³/mol. The van der Waals surface area contributed by atoms with Crippen molar-refractivity contribution in [1.29, 1.82) is 0 Å². The zero-order valence-electron chi connectivity index (χ0n) is 25.4. The van der Waals surface area contributed by atoms with Crippen LogP contribution in [0.2, 0.25) is 0 Å². The largest absolute Gasteiger partial charge is 0.490 e. The van der Waals surface area contributed by atoms with Crippen molar-refractivity contribution in [1.82, 2.24) is 14.7 Å². The number of nitrogens with zero attached hydrogens (tertiary/aromatic N) is 3. The molecule has 2 fully saturated rings. The lowest BCUT2D eigenvalue weighted by Crippen LogP contribution is -2.51. The summed E-state index contributed by atoms with van der Waals surface area (Å²) in [6.45, 7) is 11.1. The van der Waals surface area contributed by atoms with Crippen LogP contribution in [0.15, 0.2) is 54.6 Å². The average Bonchev–Trinajstić information content (AvgIpc) is 3.01. The molecule has 2 aliphatic rings. The first-order chi connectivity index (χ1) is 21.0. The molecular weight excluding hydrogens is 577 g/mol. The molecule has 1 atom stereocenters. The first-order valence-electron chi connectivity index (χ1n) is 15.1. The average molecular weight is 621 g/mol. The number of carboxylic acids is 1. The van der Waals surface area contributed by atoms with Gasteiger partial charge < -0.3 is 29.9 Å². The van der Waals surface area contributed by atoms with Crippen molar-refractivity contribution in [2.45, 2.75) is 51.7 Å². The van der Waals surface area contributed by atoms with Gasteiger partial charge in [-0.05, 0) is 74.9 Å². The fourth-order valence-electron chi connectivity index (χ4n) is 5.41. The number of anilines is 1. The van der Waals surface area contributed by atoms with E-state index in [9.17, 15) is 22.8 Å². The molecule has 2 heterocycles. The number of piperidine rings is 1. The van der Waals surface area contributed by atoms with Gasteiger partial charge in [-0.15, -0.1) is 0 Å². The monoisotopic (exact) mass is 620 g/mol. The van der Waals surface area contributed by atoms with Crippen LogP contribution < -0.4 is 5.32 Å². The lowest BCUT2D eigenvalue weighted by atomic mass is 9.95. The SMILES string of the molecule is CCCN(CC1CCN(C(=O)N2CCOCC2)CC1)C(C)Cc1cccc(NC(=O)c2ccccc2)c1.O=C(O)C(F)(F)F. The number of ether oxygens (including phenoxy) is 1. The molecule has 0 aliphatic carbocycles. The number of urea groups is 1. The topological polar surface area (TPSA) is 102 Å². The standard InChI is InChI=1S/C30H42N4O3.C2HF3O2/c1-3-14-34(23-25-12-15-32(16-13-25)30(36)33-17-19-37-20-18-33)24(2)21-26-8-7-11-28(22-26)31-29(35)27-9-5-4-6-10-27;3-2(4,5)1(6)7/h4-11,22,24-25H,3,12-21,23H2,1-2H3,(H,31,35);(H,6,7). The number of morpholine rings is 1. The highest BCUT2D eigenvalue weighted by molar-refractivity contribution is 6.04. The van der Waals surface area contributed by atoms with E-state index in [1.807, 2.05) is 52.3 Å². The highest BCUT2D eigenvalue weighted by atomic mass is 19.4. The van der Waals surface area contributed by atoms with E-state index >= 15 is 0 Å². The van der Waals surface area contributed by atoms with Crippen molar-refractivity contribution in [2.24, 2.45) is 5.92 Å². The molecule has 242 valence electrons. The number of nitrogens with one attached hydrogen (secondary N) is 1. The molecule has 0 bridgehead atoms. The summed E-state index contributed by atoms with van der Waals surface area (Å²) >= 11 is 0. The molecule has 0 aromatic heterocycles. The van der Waals surface area contributed by atoms with E-state index in [0.717, 1.165) is 57.5 Å². The third-order valence-corrected chi connectivity index (χ3v) is 7.79. The van der Waals surface area contributed by atoms with Gasteiger partial charge in [0.2, 0.25) is 0 Å².